The highest BCUT2D eigenvalue weighted by molar-refractivity contribution is 7.88. The van der Waals surface area contributed by atoms with Gasteiger partial charge in [0, 0.05) is 19.6 Å². The molecule has 1 N–H and O–H groups in total. The fourth-order valence-electron chi connectivity index (χ4n) is 2.52. The molecular formula is C19H23FN2O3S. The molecule has 5 nitrogen and oxygen atoms in total. The first-order chi connectivity index (χ1) is 12.3. The zero-order chi connectivity index (χ0) is 19.2. The molecule has 0 spiro atoms. The van der Waals surface area contributed by atoms with Gasteiger partial charge >= 0.3 is 0 Å². The van der Waals surface area contributed by atoms with Crippen LogP contribution in [0.25, 0.3) is 0 Å². The van der Waals surface area contributed by atoms with Crippen LogP contribution in [0.4, 0.5) is 4.39 Å². The Kier molecular flexibility index (Phi) is 6.88. The van der Waals surface area contributed by atoms with Gasteiger partial charge in [-0.05, 0) is 35.7 Å². The second-order valence-electron chi connectivity index (χ2n) is 6.18. The van der Waals surface area contributed by atoms with E-state index < -0.39 is 10.0 Å². The number of sulfonamides is 1. The Hall–Kier alpha value is -2.25. The summed E-state index contributed by atoms with van der Waals surface area (Å²) in [6, 6.07) is 13.3. The van der Waals surface area contributed by atoms with Gasteiger partial charge in [-0.25, -0.2) is 12.8 Å². The minimum Gasteiger partial charge on any atom is -0.354 e. The van der Waals surface area contributed by atoms with Crippen LogP contribution in [0.3, 0.4) is 0 Å². The molecule has 0 fully saturated rings. The van der Waals surface area contributed by atoms with Gasteiger partial charge in [0.1, 0.15) is 5.82 Å². The van der Waals surface area contributed by atoms with E-state index in [1.54, 1.807) is 12.1 Å². The minimum atomic E-state index is -3.45. The summed E-state index contributed by atoms with van der Waals surface area (Å²) in [6.45, 7) is 2.43. The molecule has 0 radical (unpaired) electrons. The molecule has 140 valence electrons. The molecule has 2 aromatic carbocycles. The van der Waals surface area contributed by atoms with Gasteiger partial charge in [-0.3, -0.25) is 4.79 Å². The van der Waals surface area contributed by atoms with E-state index in [0.717, 1.165) is 17.4 Å². The maximum atomic E-state index is 13.0. The number of nitrogens with zero attached hydrogens (tertiary/aromatic N) is 1. The van der Waals surface area contributed by atoms with Crippen molar-refractivity contribution in [1.82, 2.24) is 9.62 Å². The van der Waals surface area contributed by atoms with Gasteiger partial charge in [0.2, 0.25) is 15.9 Å². The lowest BCUT2D eigenvalue weighted by atomic mass is 10.1. The third-order valence-corrected chi connectivity index (χ3v) is 5.29. The summed E-state index contributed by atoms with van der Waals surface area (Å²) in [6.07, 6.45) is 1.37. The Labute approximate surface area is 153 Å². The quantitative estimate of drug-likeness (QED) is 0.766. The maximum Gasteiger partial charge on any atom is 0.224 e. The van der Waals surface area contributed by atoms with Crippen LogP contribution < -0.4 is 5.32 Å². The average Bonchev–Trinajstić information content (AvgIpc) is 2.57. The lowest BCUT2D eigenvalue weighted by Crippen LogP contribution is -2.38. The first kappa shape index (κ1) is 20.1. The number of carbonyl (C=O) groups is 1. The number of aryl methyl sites for hydroxylation is 1. The first-order valence-corrected chi connectivity index (χ1v) is 10.1. The number of rotatable bonds is 8. The molecule has 0 aliphatic heterocycles. The van der Waals surface area contributed by atoms with E-state index in [2.05, 4.69) is 5.32 Å². The lowest BCUT2D eigenvalue weighted by molar-refractivity contribution is -0.120. The van der Waals surface area contributed by atoms with Crippen molar-refractivity contribution in [1.29, 1.82) is 0 Å². The highest BCUT2D eigenvalue weighted by Crippen LogP contribution is 2.10. The molecule has 7 heteroatoms. The molecule has 0 bridgehead atoms. The Morgan fingerprint density at radius 1 is 1.12 bits per heavy atom. The Morgan fingerprint density at radius 2 is 1.77 bits per heavy atom. The first-order valence-electron chi connectivity index (χ1n) is 8.26. The maximum absolute atomic E-state index is 13.0. The van der Waals surface area contributed by atoms with Crippen molar-refractivity contribution in [3.63, 3.8) is 0 Å². The van der Waals surface area contributed by atoms with Crippen LogP contribution in [0.5, 0.6) is 0 Å². The predicted molar refractivity (Wildman–Crippen MR) is 99.5 cm³/mol. The smallest absolute Gasteiger partial charge is 0.224 e. The van der Waals surface area contributed by atoms with Crippen molar-refractivity contribution in [2.75, 3.05) is 19.3 Å². The second-order valence-corrected chi connectivity index (χ2v) is 8.16. The van der Waals surface area contributed by atoms with E-state index in [0.29, 0.717) is 5.56 Å². The molecule has 0 heterocycles. The summed E-state index contributed by atoms with van der Waals surface area (Å²) in [5.41, 5.74) is 2.66. The van der Waals surface area contributed by atoms with Crippen molar-refractivity contribution in [2.45, 2.75) is 19.9 Å². The molecule has 1 amide bonds. The number of halogens is 1. The SMILES string of the molecule is Cc1ccccc1CC(=O)NCCN(Cc1ccc(F)cc1)S(C)(=O)=O. The molecule has 0 unspecified atom stereocenters. The molecule has 2 aromatic rings. The van der Waals surface area contributed by atoms with Crippen molar-refractivity contribution in [3.8, 4) is 0 Å². The van der Waals surface area contributed by atoms with Gasteiger partial charge in [-0.1, -0.05) is 36.4 Å². The van der Waals surface area contributed by atoms with Crippen LogP contribution in [0, 0.1) is 12.7 Å². The lowest BCUT2D eigenvalue weighted by Gasteiger charge is -2.20. The standard InChI is InChI=1S/C19H23FN2O3S/c1-15-5-3-4-6-17(15)13-19(23)21-11-12-22(26(2,24)25)14-16-7-9-18(20)10-8-16/h3-10H,11-14H2,1-2H3,(H,21,23). The average molecular weight is 378 g/mol. The molecule has 26 heavy (non-hydrogen) atoms. The van der Waals surface area contributed by atoms with Crippen LogP contribution in [-0.2, 0) is 27.8 Å². The van der Waals surface area contributed by atoms with E-state index in [4.69, 9.17) is 0 Å². The van der Waals surface area contributed by atoms with Gasteiger partial charge in [0.05, 0.1) is 12.7 Å². The van der Waals surface area contributed by atoms with Gasteiger partial charge in [0.15, 0.2) is 0 Å². The Bertz CT molecular complexity index is 851. The van der Waals surface area contributed by atoms with Crippen molar-refractivity contribution >= 4 is 15.9 Å². The molecule has 0 aliphatic rings. The fraction of sp³-hybridized carbons (Fsp3) is 0.316. The van der Waals surface area contributed by atoms with Crippen LogP contribution >= 0.6 is 0 Å². The van der Waals surface area contributed by atoms with Crippen molar-refractivity contribution < 1.29 is 17.6 Å². The summed E-state index contributed by atoms with van der Waals surface area (Å²) in [5.74, 6) is -0.530. The highest BCUT2D eigenvalue weighted by atomic mass is 32.2. The van der Waals surface area contributed by atoms with Crippen LogP contribution in [0.1, 0.15) is 16.7 Å². The van der Waals surface area contributed by atoms with Crippen LogP contribution in [0.15, 0.2) is 48.5 Å². The van der Waals surface area contributed by atoms with Crippen molar-refractivity contribution in [2.24, 2.45) is 0 Å². The Morgan fingerprint density at radius 3 is 2.38 bits per heavy atom. The monoisotopic (exact) mass is 378 g/mol. The summed E-state index contributed by atoms with van der Waals surface area (Å²) in [4.78, 5) is 12.1. The Balaban J connectivity index is 1.90. The molecule has 0 aliphatic carbocycles. The predicted octanol–water partition coefficient (Wildman–Crippen LogP) is 2.25. The minimum absolute atomic E-state index is 0.132. The summed E-state index contributed by atoms with van der Waals surface area (Å²) < 4.78 is 38.1. The summed E-state index contributed by atoms with van der Waals surface area (Å²) in [5, 5.41) is 2.75. The molecule has 0 saturated heterocycles. The number of hydrogen-bond acceptors (Lipinski definition) is 3. The third-order valence-electron chi connectivity index (χ3n) is 4.04. The summed E-state index contributed by atoms with van der Waals surface area (Å²) in [7, 11) is -3.45. The zero-order valence-electron chi connectivity index (χ0n) is 14.9. The molecule has 2 rings (SSSR count). The molecule has 0 atom stereocenters. The zero-order valence-corrected chi connectivity index (χ0v) is 15.7. The number of nitrogens with one attached hydrogen (secondary N) is 1. The van der Waals surface area contributed by atoms with E-state index >= 15 is 0 Å². The van der Waals surface area contributed by atoms with E-state index in [1.807, 2.05) is 31.2 Å². The van der Waals surface area contributed by atoms with Gasteiger partial charge in [0.25, 0.3) is 0 Å². The van der Waals surface area contributed by atoms with Crippen molar-refractivity contribution in [3.05, 3.63) is 71.0 Å². The number of carbonyl (C=O) groups excluding carboxylic acids is 1. The topological polar surface area (TPSA) is 66.5 Å². The number of benzene rings is 2. The largest absolute Gasteiger partial charge is 0.354 e. The van der Waals surface area contributed by atoms with Crippen LogP contribution in [0.2, 0.25) is 0 Å². The number of hydrogen-bond donors (Lipinski definition) is 1. The van der Waals surface area contributed by atoms with Gasteiger partial charge in [-0.2, -0.15) is 4.31 Å². The molecule has 0 saturated carbocycles. The van der Waals surface area contributed by atoms with E-state index in [9.17, 15) is 17.6 Å². The normalized spacial score (nSPS) is 11.5. The second kappa shape index (κ2) is 8.91. The van der Waals surface area contributed by atoms with Crippen LogP contribution in [-0.4, -0.2) is 38.0 Å². The fourth-order valence-corrected chi connectivity index (χ4v) is 3.33. The summed E-state index contributed by atoms with van der Waals surface area (Å²) >= 11 is 0. The molecular weight excluding hydrogens is 355 g/mol. The van der Waals surface area contributed by atoms with E-state index in [1.165, 1.54) is 16.4 Å². The van der Waals surface area contributed by atoms with E-state index in [-0.39, 0.29) is 37.8 Å². The molecule has 0 aromatic heterocycles. The highest BCUT2D eigenvalue weighted by Gasteiger charge is 2.17. The van der Waals surface area contributed by atoms with Gasteiger partial charge < -0.3 is 5.32 Å². The number of amides is 1. The van der Waals surface area contributed by atoms with Gasteiger partial charge in [-0.15, -0.1) is 0 Å². The third kappa shape index (κ3) is 6.24.